The molecule has 0 spiro atoms. The summed E-state index contributed by atoms with van der Waals surface area (Å²) in [4.78, 5) is 15.0. The minimum absolute atomic E-state index is 0.00466. The molecule has 0 aliphatic heterocycles. The molecule has 5 heteroatoms. The molecule has 0 aromatic heterocycles. The van der Waals surface area contributed by atoms with Crippen LogP contribution in [0.15, 0.2) is 48.5 Å². The van der Waals surface area contributed by atoms with E-state index < -0.39 is 0 Å². The topological polar surface area (TPSA) is 52.6 Å². The lowest BCUT2D eigenvalue weighted by Crippen LogP contribution is -2.42. The molecule has 1 fully saturated rings. The Hall–Kier alpha value is -2.04. The fourth-order valence-electron chi connectivity index (χ4n) is 4.19. The van der Waals surface area contributed by atoms with E-state index in [0.29, 0.717) is 23.9 Å². The van der Waals surface area contributed by atoms with Gasteiger partial charge in [0.15, 0.2) is 0 Å². The van der Waals surface area contributed by atoms with Crippen molar-refractivity contribution in [1.29, 1.82) is 0 Å². The molecule has 150 valence electrons. The fraction of sp³-hybridized carbons (Fsp3) is 0.435. The van der Waals surface area contributed by atoms with E-state index >= 15 is 0 Å². The summed E-state index contributed by atoms with van der Waals surface area (Å²) >= 11 is 6.26. The first-order valence-electron chi connectivity index (χ1n) is 9.72. The van der Waals surface area contributed by atoms with Crippen LogP contribution in [-0.2, 0) is 16.6 Å². The van der Waals surface area contributed by atoms with Gasteiger partial charge in [0.25, 0.3) is 0 Å². The maximum Gasteiger partial charge on any atom is 0.224 e. The smallest absolute Gasteiger partial charge is 0.224 e. The Balaban J connectivity index is 1.63. The van der Waals surface area contributed by atoms with E-state index in [0.717, 1.165) is 5.56 Å². The molecule has 0 saturated heterocycles. The van der Waals surface area contributed by atoms with E-state index in [9.17, 15) is 9.90 Å². The Kier molecular flexibility index (Phi) is 6.01. The molecule has 4 atom stereocenters. The summed E-state index contributed by atoms with van der Waals surface area (Å²) < 4.78 is 0. The Morgan fingerprint density at radius 1 is 1.25 bits per heavy atom. The number of phenolic OH excluding ortho intramolecular Hbond substituents is 1. The molecule has 0 radical (unpaired) electrons. The van der Waals surface area contributed by atoms with Gasteiger partial charge in [-0.25, -0.2) is 0 Å². The number of rotatable bonds is 7. The number of hydrogen-bond acceptors (Lipinski definition) is 3. The van der Waals surface area contributed by atoms with Crippen molar-refractivity contribution in [2.24, 2.45) is 11.8 Å². The van der Waals surface area contributed by atoms with Crippen LogP contribution in [0.2, 0.25) is 5.02 Å². The lowest BCUT2D eigenvalue weighted by molar-refractivity contribution is -0.123. The number of carbonyl (C=O) groups is 1. The number of phenols is 1. The summed E-state index contributed by atoms with van der Waals surface area (Å²) in [5.41, 5.74) is 2.09. The molecule has 2 unspecified atom stereocenters. The number of likely N-dealkylation sites (N-methyl/N-ethyl adjacent to an activating group) is 1. The van der Waals surface area contributed by atoms with Crippen LogP contribution in [0, 0.1) is 11.8 Å². The predicted octanol–water partition coefficient (Wildman–Crippen LogP) is 3.86. The van der Waals surface area contributed by atoms with E-state index in [1.54, 1.807) is 12.1 Å². The third kappa shape index (κ3) is 4.03. The first-order valence-corrected chi connectivity index (χ1v) is 10.1. The van der Waals surface area contributed by atoms with Crippen LogP contribution in [0.3, 0.4) is 0 Å². The standard InChI is InChI=1S/C23H29ClN2O2/c1-15-21(23(15,2)17-8-6-5-7-9-17)22(28)25-14-18(26(3)4)12-16-10-11-19(27)13-20(16)24/h5-11,13,15,18,21,27H,12,14H2,1-4H3,(H,25,28)/t15?,18-,21?,23-/m0/s1. The van der Waals surface area contributed by atoms with Gasteiger partial charge in [0.2, 0.25) is 5.91 Å². The first kappa shape index (κ1) is 20.7. The zero-order valence-electron chi connectivity index (χ0n) is 16.9. The number of amides is 1. The number of hydrogen-bond donors (Lipinski definition) is 2. The summed E-state index contributed by atoms with van der Waals surface area (Å²) in [6.07, 6.45) is 0.697. The second kappa shape index (κ2) is 8.14. The van der Waals surface area contributed by atoms with Gasteiger partial charge >= 0.3 is 0 Å². The van der Waals surface area contributed by atoms with Gasteiger partial charge in [-0.05, 0) is 49.7 Å². The van der Waals surface area contributed by atoms with Crippen LogP contribution in [0.1, 0.15) is 25.0 Å². The lowest BCUT2D eigenvalue weighted by Gasteiger charge is -2.25. The molecule has 3 rings (SSSR count). The van der Waals surface area contributed by atoms with Crippen molar-refractivity contribution in [3.8, 4) is 5.75 Å². The third-order valence-electron chi connectivity index (χ3n) is 6.40. The zero-order chi connectivity index (χ0) is 20.5. The van der Waals surface area contributed by atoms with E-state index in [1.165, 1.54) is 5.56 Å². The molecule has 2 aromatic carbocycles. The molecule has 0 bridgehead atoms. The van der Waals surface area contributed by atoms with E-state index in [-0.39, 0.29) is 29.0 Å². The van der Waals surface area contributed by atoms with Crippen molar-refractivity contribution < 1.29 is 9.90 Å². The number of nitrogens with zero attached hydrogens (tertiary/aromatic N) is 1. The van der Waals surface area contributed by atoms with Crippen molar-refractivity contribution in [1.82, 2.24) is 10.2 Å². The first-order chi connectivity index (χ1) is 13.2. The van der Waals surface area contributed by atoms with Crippen LogP contribution in [0.4, 0.5) is 0 Å². The molecular weight excluding hydrogens is 372 g/mol. The minimum Gasteiger partial charge on any atom is -0.508 e. The van der Waals surface area contributed by atoms with Crippen LogP contribution < -0.4 is 5.32 Å². The van der Waals surface area contributed by atoms with Gasteiger partial charge in [-0.1, -0.05) is 61.8 Å². The second-order valence-electron chi connectivity index (χ2n) is 8.26. The molecule has 2 N–H and O–H groups in total. The van der Waals surface area contributed by atoms with Gasteiger partial charge in [-0.2, -0.15) is 0 Å². The summed E-state index contributed by atoms with van der Waals surface area (Å²) in [6.45, 7) is 4.88. The lowest BCUT2D eigenvalue weighted by atomic mass is 9.94. The normalized spacial score (nSPS) is 24.8. The Labute approximate surface area is 172 Å². The minimum atomic E-state index is -0.0980. The Morgan fingerprint density at radius 3 is 2.54 bits per heavy atom. The molecule has 1 amide bonds. The Morgan fingerprint density at radius 2 is 1.93 bits per heavy atom. The van der Waals surface area contributed by atoms with Crippen molar-refractivity contribution in [2.75, 3.05) is 20.6 Å². The van der Waals surface area contributed by atoms with Crippen molar-refractivity contribution >= 4 is 17.5 Å². The van der Waals surface area contributed by atoms with Crippen molar-refractivity contribution in [3.05, 3.63) is 64.7 Å². The molecule has 2 aromatic rings. The average molecular weight is 401 g/mol. The number of benzene rings is 2. The highest BCUT2D eigenvalue weighted by Gasteiger charge is 2.62. The quantitative estimate of drug-likeness (QED) is 0.742. The average Bonchev–Trinajstić information content (AvgIpc) is 3.22. The Bertz CT molecular complexity index is 840. The maximum atomic E-state index is 12.9. The highest BCUT2D eigenvalue weighted by atomic mass is 35.5. The maximum absolute atomic E-state index is 12.9. The van der Waals surface area contributed by atoms with Gasteiger partial charge in [0, 0.05) is 23.0 Å². The number of aromatic hydroxyl groups is 1. The highest BCUT2D eigenvalue weighted by molar-refractivity contribution is 6.31. The fourth-order valence-corrected chi connectivity index (χ4v) is 4.44. The SMILES string of the molecule is CC1C(C(=O)NC[C@H](Cc2ccc(O)cc2Cl)N(C)C)[C@]1(C)c1ccccc1. The van der Waals surface area contributed by atoms with E-state index in [4.69, 9.17) is 11.6 Å². The number of nitrogens with one attached hydrogen (secondary N) is 1. The van der Waals surface area contributed by atoms with Crippen LogP contribution >= 0.6 is 11.6 Å². The van der Waals surface area contributed by atoms with Gasteiger partial charge in [0.1, 0.15) is 5.75 Å². The molecule has 1 aliphatic carbocycles. The molecular formula is C23H29ClN2O2. The van der Waals surface area contributed by atoms with Crippen LogP contribution in [0.25, 0.3) is 0 Å². The van der Waals surface area contributed by atoms with Crippen molar-refractivity contribution in [2.45, 2.75) is 31.7 Å². The third-order valence-corrected chi connectivity index (χ3v) is 6.75. The van der Waals surface area contributed by atoms with Crippen LogP contribution in [0.5, 0.6) is 5.75 Å². The molecule has 1 aliphatic rings. The number of halogens is 1. The number of carbonyl (C=O) groups excluding carboxylic acids is 1. The largest absolute Gasteiger partial charge is 0.508 e. The summed E-state index contributed by atoms with van der Waals surface area (Å²) in [5, 5.41) is 13.2. The van der Waals surface area contributed by atoms with E-state index in [1.807, 2.05) is 38.4 Å². The summed E-state index contributed by atoms with van der Waals surface area (Å²) in [6, 6.07) is 15.4. The monoisotopic (exact) mass is 400 g/mol. The summed E-state index contributed by atoms with van der Waals surface area (Å²) in [5.74, 6) is 0.586. The van der Waals surface area contributed by atoms with Gasteiger partial charge in [-0.15, -0.1) is 0 Å². The predicted molar refractivity (Wildman–Crippen MR) is 114 cm³/mol. The van der Waals surface area contributed by atoms with Crippen LogP contribution in [-0.4, -0.2) is 42.6 Å². The highest BCUT2D eigenvalue weighted by Crippen LogP contribution is 2.59. The second-order valence-corrected chi connectivity index (χ2v) is 8.66. The molecule has 1 saturated carbocycles. The molecule has 4 nitrogen and oxygen atoms in total. The van der Waals surface area contributed by atoms with Gasteiger partial charge < -0.3 is 15.3 Å². The van der Waals surface area contributed by atoms with Gasteiger partial charge in [-0.3, -0.25) is 4.79 Å². The zero-order valence-corrected chi connectivity index (χ0v) is 17.7. The molecule has 28 heavy (non-hydrogen) atoms. The summed E-state index contributed by atoms with van der Waals surface area (Å²) in [7, 11) is 4.00. The van der Waals surface area contributed by atoms with E-state index in [2.05, 4.69) is 36.2 Å². The molecule has 0 heterocycles. The van der Waals surface area contributed by atoms with Crippen molar-refractivity contribution in [3.63, 3.8) is 0 Å². The van der Waals surface area contributed by atoms with Gasteiger partial charge in [0.05, 0.1) is 5.92 Å².